The van der Waals surface area contributed by atoms with E-state index in [1.165, 1.54) is 11.3 Å². The number of carbonyl (C=O) groups is 2. The number of anilines is 2. The first-order chi connectivity index (χ1) is 14.0. The van der Waals surface area contributed by atoms with E-state index >= 15 is 0 Å². The monoisotopic (exact) mass is 406 g/mol. The van der Waals surface area contributed by atoms with E-state index in [0.717, 1.165) is 27.0 Å². The first-order valence-electron chi connectivity index (χ1n) is 9.38. The summed E-state index contributed by atoms with van der Waals surface area (Å²) < 4.78 is 1.03. The van der Waals surface area contributed by atoms with Crippen LogP contribution in [-0.2, 0) is 9.59 Å². The summed E-state index contributed by atoms with van der Waals surface area (Å²) in [7, 11) is 0. The highest BCUT2D eigenvalue weighted by molar-refractivity contribution is 7.22. The highest BCUT2D eigenvalue weighted by Gasteiger charge is 2.17. The number of para-hydroxylation sites is 1. The van der Waals surface area contributed by atoms with Gasteiger partial charge in [0.2, 0.25) is 11.8 Å². The lowest BCUT2D eigenvalue weighted by Gasteiger charge is -2.21. The number of aromatic nitrogens is 1. The van der Waals surface area contributed by atoms with Crippen molar-refractivity contribution in [1.29, 1.82) is 5.26 Å². The minimum absolute atomic E-state index is 0.0582. The zero-order valence-corrected chi connectivity index (χ0v) is 17.3. The van der Waals surface area contributed by atoms with Gasteiger partial charge in [-0.15, -0.1) is 0 Å². The summed E-state index contributed by atoms with van der Waals surface area (Å²) in [6, 6.07) is 15.4. The first-order valence-corrected chi connectivity index (χ1v) is 10.2. The highest BCUT2D eigenvalue weighted by atomic mass is 32.1. The van der Waals surface area contributed by atoms with Crippen molar-refractivity contribution in [3.8, 4) is 6.07 Å². The van der Waals surface area contributed by atoms with Crippen LogP contribution in [0.15, 0.2) is 42.5 Å². The van der Waals surface area contributed by atoms with Crippen molar-refractivity contribution in [2.75, 3.05) is 16.8 Å². The minimum atomic E-state index is -0.250. The molecule has 0 spiro atoms. The van der Waals surface area contributed by atoms with Gasteiger partial charge in [0.1, 0.15) is 0 Å². The molecule has 7 heteroatoms. The van der Waals surface area contributed by atoms with Crippen LogP contribution in [0.1, 0.15) is 30.4 Å². The normalized spacial score (nSPS) is 10.5. The third-order valence-corrected chi connectivity index (χ3v) is 5.38. The number of carbonyl (C=O) groups excluding carboxylic acids is 2. The van der Waals surface area contributed by atoms with Gasteiger partial charge in [-0.05, 0) is 43.2 Å². The number of hydrogen-bond acceptors (Lipinski definition) is 5. The number of rotatable bonds is 7. The molecule has 0 saturated heterocycles. The van der Waals surface area contributed by atoms with Gasteiger partial charge in [-0.2, -0.15) is 5.26 Å². The Morgan fingerprint density at radius 3 is 2.66 bits per heavy atom. The van der Waals surface area contributed by atoms with Crippen molar-refractivity contribution in [3.05, 3.63) is 53.6 Å². The van der Waals surface area contributed by atoms with Crippen LogP contribution >= 0.6 is 11.3 Å². The largest absolute Gasteiger partial charge is 0.311 e. The second kappa shape index (κ2) is 9.30. The standard InChI is InChI=1S/C22H22N4O2S/c1-15-13-16(2)21-18(14-15)29-22(25-21)24-19(27)9-10-20(28)26(12-6-11-23)17-7-4-3-5-8-17/h3-5,7-8,13-14H,6,9-10,12H2,1-2H3,(H,24,25,27). The number of benzene rings is 2. The molecule has 2 aromatic carbocycles. The van der Waals surface area contributed by atoms with Crippen LogP contribution in [0.5, 0.6) is 0 Å². The summed E-state index contributed by atoms with van der Waals surface area (Å²) in [5.41, 5.74) is 3.84. The molecule has 1 aromatic heterocycles. The number of aryl methyl sites for hydroxylation is 2. The molecular weight excluding hydrogens is 384 g/mol. The number of hydrogen-bond donors (Lipinski definition) is 1. The third-order valence-electron chi connectivity index (χ3n) is 4.46. The lowest BCUT2D eigenvalue weighted by molar-refractivity contribution is -0.122. The molecule has 0 bridgehead atoms. The molecular formula is C22H22N4O2S. The van der Waals surface area contributed by atoms with E-state index < -0.39 is 0 Å². The Morgan fingerprint density at radius 2 is 1.93 bits per heavy atom. The molecule has 0 radical (unpaired) electrons. The summed E-state index contributed by atoms with van der Waals surface area (Å²) in [6.07, 6.45) is 0.356. The Hall–Kier alpha value is -3.24. The summed E-state index contributed by atoms with van der Waals surface area (Å²) in [5.74, 6) is -0.433. The van der Waals surface area contributed by atoms with E-state index in [1.807, 2.05) is 50.2 Å². The van der Waals surface area contributed by atoms with Gasteiger partial charge in [0, 0.05) is 25.1 Å². The molecule has 6 nitrogen and oxygen atoms in total. The van der Waals surface area contributed by atoms with Crippen molar-refractivity contribution in [3.63, 3.8) is 0 Å². The van der Waals surface area contributed by atoms with Crippen LogP contribution in [0, 0.1) is 25.2 Å². The molecule has 0 unspecified atom stereocenters. The molecule has 29 heavy (non-hydrogen) atoms. The van der Waals surface area contributed by atoms with Crippen LogP contribution in [0.4, 0.5) is 10.8 Å². The average molecular weight is 407 g/mol. The predicted molar refractivity (Wildman–Crippen MR) is 116 cm³/mol. The molecule has 148 valence electrons. The van der Waals surface area contributed by atoms with Gasteiger partial charge in [0.15, 0.2) is 5.13 Å². The maximum atomic E-state index is 12.7. The van der Waals surface area contributed by atoms with E-state index in [2.05, 4.69) is 22.4 Å². The maximum absolute atomic E-state index is 12.7. The first kappa shape index (κ1) is 20.5. The van der Waals surface area contributed by atoms with Crippen LogP contribution in [0.2, 0.25) is 0 Å². The van der Waals surface area contributed by atoms with Crippen LogP contribution in [-0.4, -0.2) is 23.3 Å². The van der Waals surface area contributed by atoms with Gasteiger partial charge >= 0.3 is 0 Å². The van der Waals surface area contributed by atoms with Crippen LogP contribution in [0.3, 0.4) is 0 Å². The van der Waals surface area contributed by atoms with Gasteiger partial charge < -0.3 is 10.2 Å². The number of fused-ring (bicyclic) bond motifs is 1. The fourth-order valence-corrected chi connectivity index (χ4v) is 4.19. The molecule has 1 N–H and O–H groups in total. The summed E-state index contributed by atoms with van der Waals surface area (Å²) in [4.78, 5) is 31.1. The molecule has 3 aromatic rings. The van der Waals surface area contributed by atoms with Gasteiger partial charge in [-0.25, -0.2) is 4.98 Å². The topological polar surface area (TPSA) is 86.1 Å². The molecule has 3 rings (SSSR count). The number of nitrogens with one attached hydrogen (secondary N) is 1. The molecule has 0 fully saturated rings. The SMILES string of the molecule is Cc1cc(C)c2nc(NC(=O)CCC(=O)N(CCC#N)c3ccccc3)sc2c1. The molecule has 0 aliphatic heterocycles. The highest BCUT2D eigenvalue weighted by Crippen LogP contribution is 2.29. The van der Waals surface area contributed by atoms with Crippen molar-refractivity contribution in [2.24, 2.45) is 0 Å². The van der Waals surface area contributed by atoms with Crippen LogP contribution in [0.25, 0.3) is 10.2 Å². The Kier molecular flexibility index (Phi) is 6.57. The molecule has 1 heterocycles. The van der Waals surface area contributed by atoms with Gasteiger partial charge in [-0.1, -0.05) is 35.6 Å². The predicted octanol–water partition coefficient (Wildman–Crippen LogP) is 4.58. The Morgan fingerprint density at radius 1 is 1.17 bits per heavy atom. The smallest absolute Gasteiger partial charge is 0.227 e. The van der Waals surface area contributed by atoms with Crippen molar-refractivity contribution >= 4 is 44.2 Å². The van der Waals surface area contributed by atoms with Crippen molar-refractivity contribution in [2.45, 2.75) is 33.1 Å². The fourth-order valence-electron chi connectivity index (χ4n) is 3.13. The van der Waals surface area contributed by atoms with Gasteiger partial charge in [0.25, 0.3) is 0 Å². The van der Waals surface area contributed by atoms with Crippen molar-refractivity contribution in [1.82, 2.24) is 4.98 Å². The second-order valence-corrected chi connectivity index (χ2v) is 7.82. The van der Waals surface area contributed by atoms with E-state index in [-0.39, 0.29) is 31.1 Å². The Bertz CT molecular complexity index is 1070. The minimum Gasteiger partial charge on any atom is -0.311 e. The van der Waals surface area contributed by atoms with Crippen LogP contribution < -0.4 is 10.2 Å². The molecule has 0 atom stereocenters. The number of amides is 2. The zero-order chi connectivity index (χ0) is 20.8. The lowest BCUT2D eigenvalue weighted by Crippen LogP contribution is -2.32. The van der Waals surface area contributed by atoms with E-state index in [1.54, 1.807) is 4.90 Å². The molecule has 0 saturated carbocycles. The summed E-state index contributed by atoms with van der Waals surface area (Å²) in [6.45, 7) is 4.33. The molecule has 2 amide bonds. The molecule has 0 aliphatic rings. The van der Waals surface area contributed by atoms with E-state index in [9.17, 15) is 9.59 Å². The molecule has 0 aliphatic carbocycles. The summed E-state index contributed by atoms with van der Waals surface area (Å²) in [5, 5.41) is 12.2. The number of thiazole rings is 1. The van der Waals surface area contributed by atoms with E-state index in [0.29, 0.717) is 11.7 Å². The maximum Gasteiger partial charge on any atom is 0.227 e. The fraction of sp³-hybridized carbons (Fsp3) is 0.273. The number of nitriles is 1. The quantitative estimate of drug-likeness (QED) is 0.622. The second-order valence-electron chi connectivity index (χ2n) is 6.78. The van der Waals surface area contributed by atoms with Gasteiger partial charge in [-0.3, -0.25) is 9.59 Å². The van der Waals surface area contributed by atoms with Crippen molar-refractivity contribution < 1.29 is 9.59 Å². The zero-order valence-electron chi connectivity index (χ0n) is 16.4. The van der Waals surface area contributed by atoms with E-state index in [4.69, 9.17) is 5.26 Å². The third kappa shape index (κ3) is 5.18. The summed E-state index contributed by atoms with van der Waals surface area (Å²) >= 11 is 1.43. The Labute approximate surface area is 173 Å². The Balaban J connectivity index is 1.62. The van der Waals surface area contributed by atoms with Gasteiger partial charge in [0.05, 0.1) is 22.7 Å². The number of nitrogens with zero attached hydrogens (tertiary/aromatic N) is 3. The lowest BCUT2D eigenvalue weighted by atomic mass is 10.1. The average Bonchev–Trinajstić information content (AvgIpc) is 3.10.